The van der Waals surface area contributed by atoms with E-state index in [4.69, 9.17) is 14.5 Å². The fourth-order valence-electron chi connectivity index (χ4n) is 5.34. The van der Waals surface area contributed by atoms with Gasteiger partial charge in [0.15, 0.2) is 0 Å². The van der Waals surface area contributed by atoms with Crippen LogP contribution in [-0.2, 0) is 18.2 Å². The highest BCUT2D eigenvalue weighted by molar-refractivity contribution is 5.76. The van der Waals surface area contributed by atoms with Crippen LogP contribution in [0.15, 0.2) is 18.3 Å². The first-order chi connectivity index (χ1) is 15.6. The van der Waals surface area contributed by atoms with Crippen LogP contribution in [0.3, 0.4) is 0 Å². The standard InChI is InChI=1S/C25H36N4O3/c1-16-7-8-20-22(29(16)25(30)31-3)10-9-19(23(20)32-18-5-4-6-18)21-15-28(2)24(27-21)17-11-13-26-14-12-17/h9-10,15-18,25-26,30H,4-8,11-14H2,1-3H3/t16-,25?/m0/s1. The summed E-state index contributed by atoms with van der Waals surface area (Å²) >= 11 is 0. The number of imidazole rings is 1. The number of nitrogens with zero attached hydrogens (tertiary/aromatic N) is 3. The van der Waals surface area contributed by atoms with Crippen LogP contribution in [0, 0.1) is 0 Å². The minimum Gasteiger partial charge on any atom is -0.489 e. The minimum atomic E-state index is -0.965. The number of ether oxygens (including phenoxy) is 2. The Bertz CT molecular complexity index is 949. The number of aliphatic hydroxyl groups is 1. The van der Waals surface area contributed by atoms with Crippen LogP contribution in [0.5, 0.6) is 5.75 Å². The van der Waals surface area contributed by atoms with Crippen molar-refractivity contribution in [1.82, 2.24) is 14.9 Å². The predicted molar refractivity (Wildman–Crippen MR) is 125 cm³/mol. The molecule has 5 rings (SSSR count). The second-order valence-corrected chi connectivity index (χ2v) is 9.59. The van der Waals surface area contributed by atoms with Crippen molar-refractivity contribution in [3.63, 3.8) is 0 Å². The second-order valence-electron chi connectivity index (χ2n) is 9.59. The summed E-state index contributed by atoms with van der Waals surface area (Å²) in [5, 5.41) is 14.0. The molecule has 1 unspecified atom stereocenters. The number of anilines is 1. The van der Waals surface area contributed by atoms with E-state index in [9.17, 15) is 5.11 Å². The van der Waals surface area contributed by atoms with Gasteiger partial charge in [-0.2, -0.15) is 0 Å². The highest BCUT2D eigenvalue weighted by Crippen LogP contribution is 2.45. The van der Waals surface area contributed by atoms with Gasteiger partial charge in [0.1, 0.15) is 11.6 Å². The molecule has 7 nitrogen and oxygen atoms in total. The van der Waals surface area contributed by atoms with Gasteiger partial charge in [0.25, 0.3) is 0 Å². The number of aliphatic hydroxyl groups excluding tert-OH is 1. The van der Waals surface area contributed by atoms with Crippen molar-refractivity contribution in [1.29, 1.82) is 0 Å². The molecular weight excluding hydrogens is 404 g/mol. The van der Waals surface area contributed by atoms with Gasteiger partial charge in [0, 0.05) is 49.1 Å². The van der Waals surface area contributed by atoms with Gasteiger partial charge in [-0.05, 0) is 77.1 Å². The number of methoxy groups -OCH3 is 1. The van der Waals surface area contributed by atoms with Gasteiger partial charge in [-0.25, -0.2) is 4.98 Å². The first-order valence-corrected chi connectivity index (χ1v) is 12.1. The van der Waals surface area contributed by atoms with Crippen molar-refractivity contribution < 1.29 is 14.6 Å². The Hall–Kier alpha value is -2.09. The number of benzene rings is 1. The summed E-state index contributed by atoms with van der Waals surface area (Å²) in [6, 6.07) is 4.42. The maximum Gasteiger partial charge on any atom is 0.237 e. The van der Waals surface area contributed by atoms with E-state index in [1.54, 1.807) is 7.11 Å². The minimum absolute atomic E-state index is 0.196. The predicted octanol–water partition coefficient (Wildman–Crippen LogP) is 3.55. The summed E-state index contributed by atoms with van der Waals surface area (Å²) < 4.78 is 14.1. The molecule has 32 heavy (non-hydrogen) atoms. The number of hydrogen-bond donors (Lipinski definition) is 2. The fraction of sp³-hybridized carbons (Fsp3) is 0.640. The lowest BCUT2D eigenvalue weighted by atomic mass is 9.92. The van der Waals surface area contributed by atoms with Crippen molar-refractivity contribution in [2.24, 2.45) is 7.05 Å². The smallest absolute Gasteiger partial charge is 0.237 e. The molecule has 2 atom stereocenters. The van der Waals surface area contributed by atoms with Gasteiger partial charge in [0.05, 0.1) is 11.8 Å². The Labute approximate surface area is 190 Å². The van der Waals surface area contributed by atoms with Crippen LogP contribution >= 0.6 is 0 Å². The molecule has 1 saturated carbocycles. The highest BCUT2D eigenvalue weighted by Gasteiger charge is 2.33. The van der Waals surface area contributed by atoms with Gasteiger partial charge < -0.3 is 29.4 Å². The first-order valence-electron chi connectivity index (χ1n) is 12.1. The van der Waals surface area contributed by atoms with E-state index in [0.29, 0.717) is 5.92 Å². The third kappa shape index (κ3) is 3.91. The second kappa shape index (κ2) is 9.04. The Morgan fingerprint density at radius 2 is 1.94 bits per heavy atom. The molecule has 7 heteroatoms. The lowest BCUT2D eigenvalue weighted by Gasteiger charge is -2.40. The van der Waals surface area contributed by atoms with Crippen molar-refractivity contribution >= 4 is 5.69 Å². The van der Waals surface area contributed by atoms with Gasteiger partial charge in [-0.15, -0.1) is 0 Å². The third-order valence-electron chi connectivity index (χ3n) is 7.48. The van der Waals surface area contributed by atoms with E-state index in [1.807, 2.05) is 4.90 Å². The molecule has 1 aliphatic carbocycles. The number of rotatable bonds is 6. The number of fused-ring (bicyclic) bond motifs is 1. The molecule has 174 valence electrons. The van der Waals surface area contributed by atoms with Gasteiger partial charge >= 0.3 is 0 Å². The molecule has 0 spiro atoms. The van der Waals surface area contributed by atoms with Crippen LogP contribution in [-0.4, -0.2) is 53.4 Å². The number of aromatic nitrogens is 2. The van der Waals surface area contributed by atoms with Crippen LogP contribution in [0.4, 0.5) is 5.69 Å². The maximum atomic E-state index is 10.5. The summed E-state index contributed by atoms with van der Waals surface area (Å²) in [5.74, 6) is 2.61. The van der Waals surface area contributed by atoms with Crippen LogP contribution in [0.2, 0.25) is 0 Å². The van der Waals surface area contributed by atoms with Crippen LogP contribution < -0.4 is 15.0 Å². The largest absolute Gasteiger partial charge is 0.489 e. The van der Waals surface area contributed by atoms with Crippen molar-refractivity contribution in [3.05, 3.63) is 29.7 Å². The highest BCUT2D eigenvalue weighted by atomic mass is 16.6. The molecule has 2 aliphatic heterocycles. The molecule has 2 fully saturated rings. The zero-order valence-corrected chi connectivity index (χ0v) is 19.5. The maximum absolute atomic E-state index is 10.5. The normalized spacial score (nSPS) is 23.0. The summed E-state index contributed by atoms with van der Waals surface area (Å²) in [5.41, 5.74) is 4.21. The molecular formula is C25H36N4O3. The fourth-order valence-corrected chi connectivity index (χ4v) is 5.34. The molecule has 2 aromatic rings. The lowest BCUT2D eigenvalue weighted by molar-refractivity contribution is -0.0795. The molecule has 3 heterocycles. The average Bonchev–Trinajstić information content (AvgIpc) is 3.17. The van der Waals surface area contributed by atoms with E-state index in [-0.39, 0.29) is 12.1 Å². The average molecular weight is 441 g/mol. The van der Waals surface area contributed by atoms with Gasteiger partial charge in [-0.1, -0.05) is 0 Å². The summed E-state index contributed by atoms with van der Waals surface area (Å²) in [4.78, 5) is 7.08. The zero-order valence-electron chi connectivity index (χ0n) is 19.5. The third-order valence-corrected chi connectivity index (χ3v) is 7.48. The van der Waals surface area contributed by atoms with Crippen molar-refractivity contribution in [3.8, 4) is 17.0 Å². The number of hydrogen-bond acceptors (Lipinski definition) is 6. The lowest BCUT2D eigenvalue weighted by Crippen LogP contribution is -2.46. The van der Waals surface area contributed by atoms with Gasteiger partial charge in [-0.3, -0.25) is 0 Å². The zero-order chi connectivity index (χ0) is 22.2. The summed E-state index contributed by atoms with van der Waals surface area (Å²) in [6.45, 7) is 4.24. The number of nitrogens with one attached hydrogen (secondary N) is 1. The Morgan fingerprint density at radius 1 is 1.16 bits per heavy atom. The molecule has 3 aliphatic rings. The molecule has 0 bridgehead atoms. The quantitative estimate of drug-likeness (QED) is 0.670. The van der Waals surface area contributed by atoms with Gasteiger partial charge in [0.2, 0.25) is 6.41 Å². The summed E-state index contributed by atoms with van der Waals surface area (Å²) in [6.07, 6.45) is 9.01. The molecule has 0 radical (unpaired) electrons. The number of aryl methyl sites for hydroxylation is 1. The number of piperidine rings is 1. The Balaban J connectivity index is 1.57. The monoisotopic (exact) mass is 440 g/mol. The van der Waals surface area contributed by atoms with E-state index in [2.05, 4.69) is 42.2 Å². The van der Waals surface area contributed by atoms with E-state index >= 15 is 0 Å². The van der Waals surface area contributed by atoms with Crippen LogP contribution in [0.25, 0.3) is 11.3 Å². The molecule has 2 N–H and O–H groups in total. The van der Waals surface area contributed by atoms with Crippen molar-refractivity contribution in [2.45, 2.75) is 76.3 Å². The summed E-state index contributed by atoms with van der Waals surface area (Å²) in [7, 11) is 3.65. The Morgan fingerprint density at radius 3 is 2.62 bits per heavy atom. The molecule has 0 amide bonds. The topological polar surface area (TPSA) is 71.8 Å². The molecule has 1 aromatic carbocycles. The van der Waals surface area contributed by atoms with Crippen molar-refractivity contribution in [2.75, 3.05) is 25.1 Å². The molecule has 1 saturated heterocycles. The van der Waals surface area contributed by atoms with E-state index < -0.39 is 6.41 Å². The first kappa shape index (κ1) is 21.7. The van der Waals surface area contributed by atoms with Crippen LogP contribution in [0.1, 0.15) is 62.8 Å². The molecule has 1 aromatic heterocycles. The SMILES string of the molecule is COC(O)N1c2ccc(-c3cn(C)c(C4CCNCC4)n3)c(OC3CCC3)c2CC[C@@H]1C. The Kier molecular flexibility index (Phi) is 6.14. The van der Waals surface area contributed by atoms with E-state index in [0.717, 1.165) is 79.9 Å². The van der Waals surface area contributed by atoms with E-state index in [1.165, 1.54) is 12.2 Å².